The number of nitrogens with one attached hydrogen (secondary N) is 2. The lowest BCUT2D eigenvalue weighted by molar-refractivity contribution is 0.959. The van der Waals surface area contributed by atoms with Crippen molar-refractivity contribution in [3.05, 3.63) is 47.0 Å². The van der Waals surface area contributed by atoms with Gasteiger partial charge < -0.3 is 10.6 Å². The summed E-state index contributed by atoms with van der Waals surface area (Å²) in [7, 11) is 1.92. The first kappa shape index (κ1) is 14.6. The molecule has 0 fully saturated rings. The summed E-state index contributed by atoms with van der Waals surface area (Å²) in [5, 5.41) is 6.40. The fourth-order valence-corrected chi connectivity index (χ4v) is 1.02. The summed E-state index contributed by atoms with van der Waals surface area (Å²) in [6.45, 7) is 10.3. The van der Waals surface area contributed by atoms with E-state index in [9.17, 15) is 0 Å². The fraction of sp³-hybridized carbons (Fsp3) is 0.429. The van der Waals surface area contributed by atoms with Crippen molar-refractivity contribution in [2.75, 3.05) is 7.05 Å². The van der Waals surface area contributed by atoms with Gasteiger partial charge in [-0.15, -0.1) is 0 Å². The van der Waals surface area contributed by atoms with E-state index in [4.69, 9.17) is 0 Å². The van der Waals surface area contributed by atoms with Crippen LogP contribution in [0.4, 0.5) is 0 Å². The van der Waals surface area contributed by atoms with E-state index in [1.165, 1.54) is 5.57 Å². The largest absolute Gasteiger partial charge is 0.392 e. The molecule has 0 aromatic carbocycles. The zero-order valence-electron chi connectivity index (χ0n) is 11.3. The molecule has 0 aliphatic heterocycles. The van der Waals surface area contributed by atoms with Gasteiger partial charge in [-0.1, -0.05) is 11.6 Å². The number of allylic oxidation sites excluding steroid dienone is 8. The van der Waals surface area contributed by atoms with Crippen LogP contribution in [-0.2, 0) is 0 Å². The van der Waals surface area contributed by atoms with Crippen molar-refractivity contribution in [1.29, 1.82) is 0 Å². The van der Waals surface area contributed by atoms with Gasteiger partial charge in [0.15, 0.2) is 0 Å². The predicted molar refractivity (Wildman–Crippen MR) is 72.9 cm³/mol. The van der Waals surface area contributed by atoms with Crippen molar-refractivity contribution in [2.45, 2.75) is 34.6 Å². The minimum atomic E-state index is 1.13. The van der Waals surface area contributed by atoms with Gasteiger partial charge in [0.2, 0.25) is 0 Å². The average Bonchev–Trinajstić information content (AvgIpc) is 2.23. The van der Waals surface area contributed by atoms with Gasteiger partial charge in [-0.2, -0.15) is 0 Å². The van der Waals surface area contributed by atoms with Crippen molar-refractivity contribution in [2.24, 2.45) is 0 Å². The first-order valence-corrected chi connectivity index (χ1v) is 5.57. The molecule has 0 aromatic heterocycles. The highest BCUT2D eigenvalue weighted by Crippen LogP contribution is 1.98. The second-order valence-electron chi connectivity index (χ2n) is 4.17. The van der Waals surface area contributed by atoms with E-state index < -0.39 is 0 Å². The van der Waals surface area contributed by atoms with Crippen LogP contribution in [0, 0.1) is 0 Å². The molecule has 0 saturated heterocycles. The highest BCUT2D eigenvalue weighted by Gasteiger charge is 1.88. The molecule has 0 heterocycles. The second-order valence-corrected chi connectivity index (χ2v) is 4.17. The molecule has 0 unspecified atom stereocenters. The molecular weight excluding hydrogens is 196 g/mol. The highest BCUT2D eigenvalue weighted by atomic mass is 14.9. The average molecular weight is 220 g/mol. The molecule has 0 aromatic rings. The van der Waals surface area contributed by atoms with Gasteiger partial charge in [0, 0.05) is 24.1 Å². The lowest BCUT2D eigenvalue weighted by Gasteiger charge is -2.05. The number of rotatable bonds is 5. The fourth-order valence-electron chi connectivity index (χ4n) is 1.02. The summed E-state index contributed by atoms with van der Waals surface area (Å²) in [6.07, 6.45) is 8.30. The SMILES string of the molecule is CN/C(C)=C/C=C(\C)N/C(C)=C/C=C(C)C. The Morgan fingerprint density at radius 1 is 0.688 bits per heavy atom. The van der Waals surface area contributed by atoms with Gasteiger partial charge in [-0.05, 0) is 52.8 Å². The van der Waals surface area contributed by atoms with Crippen LogP contribution < -0.4 is 10.6 Å². The van der Waals surface area contributed by atoms with E-state index in [-0.39, 0.29) is 0 Å². The minimum Gasteiger partial charge on any atom is -0.392 e. The quantitative estimate of drug-likeness (QED) is 0.693. The molecule has 0 aliphatic rings. The monoisotopic (exact) mass is 220 g/mol. The molecule has 0 amide bonds. The van der Waals surface area contributed by atoms with Gasteiger partial charge >= 0.3 is 0 Å². The molecule has 0 atom stereocenters. The van der Waals surface area contributed by atoms with Crippen LogP contribution in [0.25, 0.3) is 0 Å². The van der Waals surface area contributed by atoms with Crippen LogP contribution in [0.15, 0.2) is 47.0 Å². The van der Waals surface area contributed by atoms with Crippen molar-refractivity contribution in [3.63, 3.8) is 0 Å². The Kier molecular flexibility index (Phi) is 7.10. The van der Waals surface area contributed by atoms with Crippen LogP contribution in [0.2, 0.25) is 0 Å². The summed E-state index contributed by atoms with van der Waals surface area (Å²) in [5.74, 6) is 0. The highest BCUT2D eigenvalue weighted by molar-refractivity contribution is 5.19. The molecule has 2 nitrogen and oxygen atoms in total. The maximum absolute atomic E-state index is 3.32. The van der Waals surface area contributed by atoms with E-state index in [1.807, 2.05) is 14.0 Å². The van der Waals surface area contributed by atoms with E-state index in [0.717, 1.165) is 17.1 Å². The van der Waals surface area contributed by atoms with Crippen molar-refractivity contribution < 1.29 is 0 Å². The number of hydrogen-bond acceptors (Lipinski definition) is 2. The second kappa shape index (κ2) is 7.80. The maximum Gasteiger partial charge on any atom is 0.0117 e. The summed E-state index contributed by atoms with van der Waals surface area (Å²) in [4.78, 5) is 0. The van der Waals surface area contributed by atoms with E-state index in [2.05, 4.69) is 62.6 Å². The maximum atomic E-state index is 3.32. The Labute approximate surface area is 99.8 Å². The summed E-state index contributed by atoms with van der Waals surface area (Å²) >= 11 is 0. The van der Waals surface area contributed by atoms with Gasteiger partial charge in [-0.25, -0.2) is 0 Å². The molecule has 16 heavy (non-hydrogen) atoms. The van der Waals surface area contributed by atoms with Crippen molar-refractivity contribution in [3.8, 4) is 0 Å². The normalized spacial score (nSPS) is 13.5. The lowest BCUT2D eigenvalue weighted by Crippen LogP contribution is -2.07. The van der Waals surface area contributed by atoms with E-state index in [1.54, 1.807) is 0 Å². The van der Waals surface area contributed by atoms with Crippen LogP contribution >= 0.6 is 0 Å². The van der Waals surface area contributed by atoms with Gasteiger partial charge in [0.25, 0.3) is 0 Å². The molecule has 0 bridgehead atoms. The van der Waals surface area contributed by atoms with Gasteiger partial charge in [-0.3, -0.25) is 0 Å². The lowest BCUT2D eigenvalue weighted by atomic mass is 10.3. The third-order valence-electron chi connectivity index (χ3n) is 2.04. The first-order valence-electron chi connectivity index (χ1n) is 5.57. The Balaban J connectivity index is 4.40. The zero-order chi connectivity index (χ0) is 12.6. The Morgan fingerprint density at radius 3 is 1.56 bits per heavy atom. The molecule has 0 spiro atoms. The molecule has 0 radical (unpaired) electrons. The third kappa shape index (κ3) is 7.92. The molecule has 0 saturated carbocycles. The standard InChI is InChI=1S/C14H24N2/c1-11(2)7-8-13(4)16-14(5)10-9-12(3)15-6/h7-10,15-16H,1-6H3/b12-9+,13-8+,14-10+. The Hall–Kier alpha value is -1.44. The van der Waals surface area contributed by atoms with Gasteiger partial charge in [0.1, 0.15) is 0 Å². The number of hydrogen-bond donors (Lipinski definition) is 2. The molecule has 2 N–H and O–H groups in total. The van der Waals surface area contributed by atoms with Gasteiger partial charge in [0.05, 0.1) is 0 Å². The Morgan fingerprint density at radius 2 is 1.12 bits per heavy atom. The van der Waals surface area contributed by atoms with Crippen molar-refractivity contribution >= 4 is 0 Å². The molecule has 0 aliphatic carbocycles. The zero-order valence-corrected chi connectivity index (χ0v) is 11.3. The van der Waals surface area contributed by atoms with Crippen LogP contribution in [-0.4, -0.2) is 7.05 Å². The molecular formula is C14H24N2. The van der Waals surface area contributed by atoms with Crippen LogP contribution in [0.5, 0.6) is 0 Å². The molecule has 90 valence electrons. The summed E-state index contributed by atoms with van der Waals surface area (Å²) in [6, 6.07) is 0. The topological polar surface area (TPSA) is 24.1 Å². The molecule has 2 heteroatoms. The van der Waals surface area contributed by atoms with E-state index in [0.29, 0.717) is 0 Å². The Bertz CT molecular complexity index is 327. The third-order valence-corrected chi connectivity index (χ3v) is 2.04. The summed E-state index contributed by atoms with van der Waals surface area (Å²) < 4.78 is 0. The van der Waals surface area contributed by atoms with E-state index >= 15 is 0 Å². The summed E-state index contributed by atoms with van der Waals surface area (Å²) in [5.41, 5.74) is 4.72. The molecule has 0 rings (SSSR count). The smallest absolute Gasteiger partial charge is 0.0117 e. The first-order chi connectivity index (χ1) is 7.45. The predicted octanol–water partition coefficient (Wildman–Crippen LogP) is 3.47. The minimum absolute atomic E-state index is 1.13. The van der Waals surface area contributed by atoms with Crippen LogP contribution in [0.3, 0.4) is 0 Å². The van der Waals surface area contributed by atoms with Crippen molar-refractivity contribution in [1.82, 2.24) is 10.6 Å². The van der Waals surface area contributed by atoms with Crippen LogP contribution in [0.1, 0.15) is 34.6 Å².